The highest BCUT2D eigenvalue weighted by Crippen LogP contribution is 2.29. The Bertz CT molecular complexity index is 147. The fourth-order valence-electron chi connectivity index (χ4n) is 1.69. The van der Waals surface area contributed by atoms with E-state index in [4.69, 9.17) is 16.2 Å². The highest BCUT2D eigenvalue weighted by atomic mass is 16.5. The van der Waals surface area contributed by atoms with Crippen LogP contribution in [0.15, 0.2) is 0 Å². The topological polar surface area (TPSA) is 61.3 Å². The second-order valence-electron chi connectivity index (χ2n) is 4.10. The molecule has 1 unspecified atom stereocenters. The van der Waals surface area contributed by atoms with Gasteiger partial charge in [-0.15, -0.1) is 0 Å². The van der Waals surface area contributed by atoms with E-state index in [0.29, 0.717) is 6.54 Å². The third-order valence-electron chi connectivity index (χ3n) is 2.28. The quantitative estimate of drug-likeness (QED) is 0.574. The lowest BCUT2D eigenvalue weighted by molar-refractivity contribution is -0.0778. The minimum atomic E-state index is -0.193. The summed E-state index contributed by atoms with van der Waals surface area (Å²) in [6.45, 7) is 5.41. The summed E-state index contributed by atoms with van der Waals surface area (Å²) in [5.74, 6) is 0. The van der Waals surface area contributed by atoms with Crippen molar-refractivity contribution in [2.75, 3.05) is 13.2 Å². The Labute approximate surface area is 68.1 Å². The highest BCUT2D eigenvalue weighted by molar-refractivity contribution is 4.94. The summed E-state index contributed by atoms with van der Waals surface area (Å²) in [4.78, 5) is 0. The Morgan fingerprint density at radius 2 is 2.09 bits per heavy atom. The lowest BCUT2D eigenvalue weighted by Gasteiger charge is -2.41. The van der Waals surface area contributed by atoms with Gasteiger partial charge in [-0.2, -0.15) is 0 Å². The van der Waals surface area contributed by atoms with Crippen LogP contribution in [0.2, 0.25) is 0 Å². The molecule has 0 saturated carbocycles. The summed E-state index contributed by atoms with van der Waals surface area (Å²) in [5, 5.41) is 0. The molecule has 0 radical (unpaired) electrons. The molecular formula is C8H18N2O. The summed E-state index contributed by atoms with van der Waals surface area (Å²) >= 11 is 0. The molecule has 0 bridgehead atoms. The fraction of sp³-hybridized carbons (Fsp3) is 1.00. The molecule has 11 heavy (non-hydrogen) atoms. The average molecular weight is 158 g/mol. The van der Waals surface area contributed by atoms with E-state index < -0.39 is 0 Å². The van der Waals surface area contributed by atoms with Gasteiger partial charge in [-0.05, 0) is 26.7 Å². The van der Waals surface area contributed by atoms with Crippen molar-refractivity contribution in [2.45, 2.75) is 37.8 Å². The van der Waals surface area contributed by atoms with Crippen LogP contribution < -0.4 is 11.5 Å². The van der Waals surface area contributed by atoms with E-state index in [1.54, 1.807) is 0 Å². The molecule has 1 rings (SSSR count). The van der Waals surface area contributed by atoms with Gasteiger partial charge in [-0.1, -0.05) is 0 Å². The number of nitrogens with two attached hydrogens (primary N) is 2. The van der Waals surface area contributed by atoms with Gasteiger partial charge in [0.15, 0.2) is 0 Å². The van der Waals surface area contributed by atoms with E-state index in [-0.39, 0.29) is 11.1 Å². The number of hydrogen-bond donors (Lipinski definition) is 2. The molecule has 4 N–H and O–H groups in total. The largest absolute Gasteiger partial charge is 0.375 e. The van der Waals surface area contributed by atoms with E-state index >= 15 is 0 Å². The molecule has 1 atom stereocenters. The Morgan fingerprint density at radius 3 is 2.45 bits per heavy atom. The van der Waals surface area contributed by atoms with Crippen molar-refractivity contribution < 1.29 is 4.74 Å². The summed E-state index contributed by atoms with van der Waals surface area (Å²) in [6.07, 6.45) is 1.74. The smallest absolute Gasteiger partial charge is 0.0644 e. The van der Waals surface area contributed by atoms with Gasteiger partial charge in [0.2, 0.25) is 0 Å². The lowest BCUT2D eigenvalue weighted by atomic mass is 9.82. The maximum atomic E-state index is 6.03. The van der Waals surface area contributed by atoms with Gasteiger partial charge in [0, 0.05) is 18.7 Å². The van der Waals surface area contributed by atoms with Crippen LogP contribution in [0.5, 0.6) is 0 Å². The fourth-order valence-corrected chi connectivity index (χ4v) is 1.69. The minimum absolute atomic E-state index is 0.0909. The molecule has 1 fully saturated rings. The summed E-state index contributed by atoms with van der Waals surface area (Å²) in [7, 11) is 0. The molecular weight excluding hydrogens is 140 g/mol. The predicted molar refractivity (Wildman–Crippen MR) is 45.2 cm³/mol. The van der Waals surface area contributed by atoms with E-state index in [1.165, 1.54) is 0 Å². The van der Waals surface area contributed by atoms with Crippen LogP contribution in [0.3, 0.4) is 0 Å². The number of ether oxygens (including phenoxy) is 1. The van der Waals surface area contributed by atoms with Gasteiger partial charge in [-0.25, -0.2) is 0 Å². The molecule has 3 nitrogen and oxygen atoms in total. The Hall–Kier alpha value is -0.120. The summed E-state index contributed by atoms with van der Waals surface area (Å²) < 4.78 is 5.53. The van der Waals surface area contributed by atoms with Crippen LogP contribution in [-0.4, -0.2) is 24.3 Å². The standard InChI is InChI=1S/C8H18N2O/c1-7(2)5-8(10,6-9)3-4-11-7/h3-6,9-10H2,1-2H3. The second-order valence-corrected chi connectivity index (χ2v) is 4.10. The predicted octanol–water partition coefficient (Wildman–Crippen LogP) is 0.232. The second kappa shape index (κ2) is 2.73. The van der Waals surface area contributed by atoms with Gasteiger partial charge >= 0.3 is 0 Å². The van der Waals surface area contributed by atoms with Gasteiger partial charge < -0.3 is 16.2 Å². The van der Waals surface area contributed by atoms with E-state index in [9.17, 15) is 0 Å². The lowest BCUT2D eigenvalue weighted by Crippen LogP contribution is -2.56. The maximum Gasteiger partial charge on any atom is 0.0644 e. The first-order chi connectivity index (χ1) is 4.97. The van der Waals surface area contributed by atoms with E-state index in [0.717, 1.165) is 19.4 Å². The van der Waals surface area contributed by atoms with Crippen molar-refractivity contribution in [3.8, 4) is 0 Å². The Balaban J connectivity index is 2.59. The molecule has 0 aliphatic carbocycles. The van der Waals surface area contributed by atoms with Gasteiger partial charge in [0.05, 0.1) is 5.60 Å². The van der Waals surface area contributed by atoms with Crippen molar-refractivity contribution in [3.63, 3.8) is 0 Å². The zero-order chi connectivity index (χ0) is 8.54. The number of rotatable bonds is 1. The van der Waals surface area contributed by atoms with Crippen LogP contribution in [0.1, 0.15) is 26.7 Å². The van der Waals surface area contributed by atoms with Gasteiger partial charge in [0.25, 0.3) is 0 Å². The van der Waals surface area contributed by atoms with Gasteiger partial charge in [-0.3, -0.25) is 0 Å². The minimum Gasteiger partial charge on any atom is -0.375 e. The summed E-state index contributed by atoms with van der Waals surface area (Å²) in [6, 6.07) is 0. The first kappa shape index (κ1) is 8.97. The average Bonchev–Trinajstić information content (AvgIpc) is 1.85. The molecule has 1 heterocycles. The Morgan fingerprint density at radius 1 is 1.45 bits per heavy atom. The van der Waals surface area contributed by atoms with Crippen LogP contribution in [0, 0.1) is 0 Å². The molecule has 1 saturated heterocycles. The zero-order valence-electron chi connectivity index (χ0n) is 7.39. The van der Waals surface area contributed by atoms with Crippen molar-refractivity contribution in [1.29, 1.82) is 0 Å². The molecule has 0 spiro atoms. The third kappa shape index (κ3) is 2.15. The molecule has 3 heteroatoms. The number of hydrogen-bond acceptors (Lipinski definition) is 3. The molecule has 0 amide bonds. The highest BCUT2D eigenvalue weighted by Gasteiger charge is 2.36. The van der Waals surface area contributed by atoms with E-state index in [2.05, 4.69) is 13.8 Å². The van der Waals surface area contributed by atoms with Crippen molar-refractivity contribution in [3.05, 3.63) is 0 Å². The van der Waals surface area contributed by atoms with Gasteiger partial charge in [0.1, 0.15) is 0 Å². The normalized spacial score (nSPS) is 37.1. The van der Waals surface area contributed by atoms with E-state index in [1.807, 2.05) is 0 Å². The molecule has 0 aromatic rings. The molecule has 66 valence electrons. The Kier molecular flexibility index (Phi) is 2.23. The molecule has 0 aromatic carbocycles. The zero-order valence-corrected chi connectivity index (χ0v) is 7.39. The van der Waals surface area contributed by atoms with Crippen LogP contribution in [0.4, 0.5) is 0 Å². The van der Waals surface area contributed by atoms with Crippen molar-refractivity contribution >= 4 is 0 Å². The van der Waals surface area contributed by atoms with Crippen LogP contribution in [0.25, 0.3) is 0 Å². The molecule has 1 aliphatic rings. The third-order valence-corrected chi connectivity index (χ3v) is 2.28. The first-order valence-electron chi connectivity index (χ1n) is 4.10. The molecule has 1 aliphatic heterocycles. The van der Waals surface area contributed by atoms with Crippen molar-refractivity contribution in [2.24, 2.45) is 11.5 Å². The van der Waals surface area contributed by atoms with Crippen molar-refractivity contribution in [1.82, 2.24) is 0 Å². The van der Waals surface area contributed by atoms with Crippen LogP contribution in [-0.2, 0) is 4.74 Å². The first-order valence-corrected chi connectivity index (χ1v) is 4.10. The monoisotopic (exact) mass is 158 g/mol. The maximum absolute atomic E-state index is 6.03. The SMILES string of the molecule is CC1(C)CC(N)(CN)CCO1. The summed E-state index contributed by atoms with van der Waals surface area (Å²) in [5.41, 5.74) is 11.3. The molecule has 0 aromatic heterocycles. The van der Waals surface area contributed by atoms with Crippen LogP contribution >= 0.6 is 0 Å².